The van der Waals surface area contributed by atoms with E-state index in [2.05, 4.69) is 18.7 Å². The monoisotopic (exact) mass is 296 g/mol. The summed E-state index contributed by atoms with van der Waals surface area (Å²) in [5, 5.41) is 0. The average Bonchev–Trinajstić information content (AvgIpc) is 2.67. The molecule has 4 heteroatoms. The lowest BCUT2D eigenvalue weighted by atomic mass is 9.89. The number of nitrogens with zero attached hydrogens (tertiary/aromatic N) is 1. The van der Waals surface area contributed by atoms with Gasteiger partial charge in [0.15, 0.2) is 11.6 Å². The van der Waals surface area contributed by atoms with Crippen molar-refractivity contribution < 1.29 is 8.78 Å². The molecule has 0 amide bonds. The zero-order chi connectivity index (χ0) is 15.4. The quantitative estimate of drug-likeness (QED) is 0.917. The van der Waals surface area contributed by atoms with Crippen LogP contribution in [0.1, 0.15) is 44.7 Å². The molecule has 21 heavy (non-hydrogen) atoms. The molecule has 1 fully saturated rings. The minimum Gasteiger partial charge on any atom is -0.323 e. The molecular formula is C17H26F2N2. The van der Waals surface area contributed by atoms with Crippen LogP contribution in [-0.4, -0.2) is 24.5 Å². The Morgan fingerprint density at radius 3 is 2.62 bits per heavy atom. The van der Waals surface area contributed by atoms with Gasteiger partial charge >= 0.3 is 0 Å². The Hall–Kier alpha value is -1.00. The molecule has 2 atom stereocenters. The molecule has 1 heterocycles. The number of benzene rings is 1. The van der Waals surface area contributed by atoms with Crippen molar-refractivity contribution in [3.63, 3.8) is 0 Å². The van der Waals surface area contributed by atoms with Crippen LogP contribution in [0.3, 0.4) is 0 Å². The maximum atomic E-state index is 13.3. The van der Waals surface area contributed by atoms with Crippen molar-refractivity contribution in [1.29, 1.82) is 0 Å². The van der Waals surface area contributed by atoms with Crippen LogP contribution in [0.25, 0.3) is 0 Å². The summed E-state index contributed by atoms with van der Waals surface area (Å²) in [6.07, 6.45) is 3.66. The highest BCUT2D eigenvalue weighted by Gasteiger charge is 2.21. The van der Waals surface area contributed by atoms with Crippen LogP contribution >= 0.6 is 0 Å². The second kappa shape index (κ2) is 7.32. The van der Waals surface area contributed by atoms with Crippen molar-refractivity contribution in [2.45, 2.75) is 39.2 Å². The SMILES string of the molecule is CC(C)C1CCCN(CC(N)c2ccc(F)c(F)c2)CC1. The zero-order valence-corrected chi connectivity index (χ0v) is 13.0. The Balaban J connectivity index is 1.93. The molecule has 1 aromatic rings. The first kappa shape index (κ1) is 16.4. The highest BCUT2D eigenvalue weighted by Crippen LogP contribution is 2.25. The third kappa shape index (κ3) is 4.48. The van der Waals surface area contributed by atoms with Gasteiger partial charge in [0.05, 0.1) is 0 Å². The number of halogens is 2. The van der Waals surface area contributed by atoms with Gasteiger partial charge in [0, 0.05) is 12.6 Å². The largest absolute Gasteiger partial charge is 0.323 e. The smallest absolute Gasteiger partial charge is 0.159 e. The molecular weight excluding hydrogens is 270 g/mol. The fourth-order valence-corrected chi connectivity index (χ4v) is 3.16. The summed E-state index contributed by atoms with van der Waals surface area (Å²) in [4.78, 5) is 2.36. The topological polar surface area (TPSA) is 29.3 Å². The molecule has 0 spiro atoms. The maximum absolute atomic E-state index is 13.3. The van der Waals surface area contributed by atoms with E-state index < -0.39 is 11.6 Å². The fourth-order valence-electron chi connectivity index (χ4n) is 3.16. The van der Waals surface area contributed by atoms with E-state index in [1.54, 1.807) is 6.07 Å². The molecule has 2 N–H and O–H groups in total. The van der Waals surface area contributed by atoms with Gasteiger partial charge in [-0.05, 0) is 61.9 Å². The van der Waals surface area contributed by atoms with E-state index in [0.29, 0.717) is 12.1 Å². The summed E-state index contributed by atoms with van der Waals surface area (Å²) in [7, 11) is 0. The second-order valence-electron chi connectivity index (χ2n) is 6.52. The van der Waals surface area contributed by atoms with Crippen LogP contribution < -0.4 is 5.73 Å². The molecule has 0 aromatic heterocycles. The van der Waals surface area contributed by atoms with Gasteiger partial charge in [0.1, 0.15) is 0 Å². The Labute approximate surface area is 126 Å². The van der Waals surface area contributed by atoms with E-state index in [0.717, 1.165) is 31.0 Å². The first-order valence-electron chi connectivity index (χ1n) is 7.90. The Bertz CT molecular complexity index is 462. The van der Waals surface area contributed by atoms with Gasteiger partial charge in [-0.3, -0.25) is 0 Å². The van der Waals surface area contributed by atoms with Crippen molar-refractivity contribution in [2.75, 3.05) is 19.6 Å². The highest BCUT2D eigenvalue weighted by atomic mass is 19.2. The molecule has 1 aliphatic heterocycles. The predicted molar refractivity (Wildman–Crippen MR) is 81.9 cm³/mol. The van der Waals surface area contributed by atoms with Crippen LogP contribution in [0.4, 0.5) is 8.78 Å². The molecule has 2 rings (SSSR count). The van der Waals surface area contributed by atoms with Crippen molar-refractivity contribution in [1.82, 2.24) is 4.90 Å². The summed E-state index contributed by atoms with van der Waals surface area (Å²) >= 11 is 0. The van der Waals surface area contributed by atoms with Gasteiger partial charge in [0.25, 0.3) is 0 Å². The summed E-state index contributed by atoms with van der Waals surface area (Å²) in [6, 6.07) is 3.68. The molecule has 1 saturated heterocycles. The summed E-state index contributed by atoms with van der Waals surface area (Å²) in [5.74, 6) is -0.126. The Morgan fingerprint density at radius 2 is 1.95 bits per heavy atom. The first-order chi connectivity index (χ1) is 9.97. The molecule has 0 saturated carbocycles. The lowest BCUT2D eigenvalue weighted by Crippen LogP contribution is -2.33. The fraction of sp³-hybridized carbons (Fsp3) is 0.647. The van der Waals surface area contributed by atoms with Gasteiger partial charge in [-0.2, -0.15) is 0 Å². The van der Waals surface area contributed by atoms with Crippen LogP contribution in [-0.2, 0) is 0 Å². The lowest BCUT2D eigenvalue weighted by Gasteiger charge is -2.24. The van der Waals surface area contributed by atoms with Crippen LogP contribution in [0.15, 0.2) is 18.2 Å². The highest BCUT2D eigenvalue weighted by molar-refractivity contribution is 5.21. The van der Waals surface area contributed by atoms with Crippen molar-refractivity contribution in [2.24, 2.45) is 17.6 Å². The van der Waals surface area contributed by atoms with Crippen molar-refractivity contribution >= 4 is 0 Å². The third-order valence-electron chi connectivity index (χ3n) is 4.63. The number of nitrogens with two attached hydrogens (primary N) is 1. The van der Waals surface area contributed by atoms with E-state index in [4.69, 9.17) is 5.73 Å². The summed E-state index contributed by atoms with van der Waals surface area (Å²) < 4.78 is 26.2. The van der Waals surface area contributed by atoms with E-state index >= 15 is 0 Å². The predicted octanol–water partition coefficient (Wildman–Crippen LogP) is 3.72. The molecule has 118 valence electrons. The summed E-state index contributed by atoms with van der Waals surface area (Å²) in [5.41, 5.74) is 6.82. The van der Waals surface area contributed by atoms with Gasteiger partial charge in [-0.15, -0.1) is 0 Å². The van der Waals surface area contributed by atoms with Crippen LogP contribution in [0.2, 0.25) is 0 Å². The first-order valence-corrected chi connectivity index (χ1v) is 7.90. The van der Waals surface area contributed by atoms with E-state index in [-0.39, 0.29) is 6.04 Å². The van der Waals surface area contributed by atoms with E-state index in [9.17, 15) is 8.78 Å². The van der Waals surface area contributed by atoms with Gasteiger partial charge in [-0.1, -0.05) is 19.9 Å². The van der Waals surface area contributed by atoms with E-state index in [1.165, 1.54) is 25.3 Å². The van der Waals surface area contributed by atoms with E-state index in [1.807, 2.05) is 0 Å². The Kier molecular flexibility index (Phi) is 5.71. The number of hydrogen-bond donors (Lipinski definition) is 1. The summed E-state index contributed by atoms with van der Waals surface area (Å²) in [6.45, 7) is 7.36. The van der Waals surface area contributed by atoms with Crippen molar-refractivity contribution in [3.8, 4) is 0 Å². The van der Waals surface area contributed by atoms with Gasteiger partial charge in [0.2, 0.25) is 0 Å². The van der Waals surface area contributed by atoms with Crippen LogP contribution in [0.5, 0.6) is 0 Å². The molecule has 0 bridgehead atoms. The molecule has 1 aromatic carbocycles. The molecule has 2 unspecified atom stereocenters. The van der Waals surface area contributed by atoms with Gasteiger partial charge in [-0.25, -0.2) is 8.78 Å². The molecule has 2 nitrogen and oxygen atoms in total. The molecule has 0 radical (unpaired) electrons. The molecule has 0 aliphatic carbocycles. The Morgan fingerprint density at radius 1 is 1.19 bits per heavy atom. The number of rotatable bonds is 4. The standard InChI is InChI=1S/C17H26F2N2/c1-12(2)13-4-3-8-21(9-7-13)11-17(20)14-5-6-15(18)16(19)10-14/h5-6,10,12-13,17H,3-4,7-9,11,20H2,1-2H3. The number of likely N-dealkylation sites (tertiary alicyclic amines) is 1. The van der Waals surface area contributed by atoms with Crippen molar-refractivity contribution in [3.05, 3.63) is 35.4 Å². The minimum absolute atomic E-state index is 0.268. The zero-order valence-electron chi connectivity index (χ0n) is 13.0. The third-order valence-corrected chi connectivity index (χ3v) is 4.63. The minimum atomic E-state index is -0.821. The van der Waals surface area contributed by atoms with Gasteiger partial charge < -0.3 is 10.6 Å². The normalized spacial score (nSPS) is 22.3. The molecule has 1 aliphatic rings. The van der Waals surface area contributed by atoms with Crippen LogP contribution in [0, 0.1) is 23.5 Å². The second-order valence-corrected chi connectivity index (χ2v) is 6.52. The maximum Gasteiger partial charge on any atom is 0.159 e. The lowest BCUT2D eigenvalue weighted by molar-refractivity contribution is 0.257. The average molecular weight is 296 g/mol. The number of hydrogen-bond acceptors (Lipinski definition) is 2.